The molecule has 0 saturated carbocycles. The molecule has 0 bridgehead atoms. The molecule has 0 spiro atoms. The number of rotatable bonds is 18. The zero-order valence-electron chi connectivity index (χ0n) is 16.7. The first kappa shape index (κ1) is 24.9. The molecule has 0 saturated heterocycles. The molecule has 0 heterocycles. The maximum Gasteiger partial charge on any atom is 0.227 e. The lowest BCUT2D eigenvalue weighted by Crippen LogP contribution is -2.29. The van der Waals surface area contributed by atoms with E-state index in [1.54, 1.807) is 0 Å². The fourth-order valence-corrected chi connectivity index (χ4v) is 3.02. The van der Waals surface area contributed by atoms with E-state index < -0.39 is 0 Å². The highest BCUT2D eigenvalue weighted by molar-refractivity contribution is 4.76. The summed E-state index contributed by atoms with van der Waals surface area (Å²) in [4.78, 5) is 11.3. The molecule has 0 atom stereocenters. The average Bonchev–Trinajstić information content (AvgIpc) is 2.69. The zero-order valence-corrected chi connectivity index (χ0v) is 16.7. The molecule has 6 nitrogen and oxygen atoms in total. The van der Waals surface area contributed by atoms with E-state index >= 15 is 0 Å². The monoisotopic (exact) mass is 370 g/mol. The lowest BCUT2D eigenvalue weighted by molar-refractivity contribution is 0.278. The van der Waals surface area contributed by atoms with Gasteiger partial charge in [0.2, 0.25) is 13.1 Å². The van der Waals surface area contributed by atoms with Crippen LogP contribution in [0.25, 0.3) is 9.69 Å². The molecule has 27 heavy (non-hydrogen) atoms. The number of unbranched alkanes of at least 4 members (excludes halogenated alkanes) is 6. The van der Waals surface area contributed by atoms with Crippen molar-refractivity contribution in [3.8, 4) is 12.1 Å². The summed E-state index contributed by atoms with van der Waals surface area (Å²) in [6, 6.07) is 4.36. The topological polar surface area (TPSA) is 62.8 Å². The van der Waals surface area contributed by atoms with Crippen molar-refractivity contribution < 1.29 is 0 Å². The van der Waals surface area contributed by atoms with E-state index in [2.05, 4.69) is 31.6 Å². The number of nitrogens with zero attached hydrogens (tertiary/aromatic N) is 6. The Morgan fingerprint density at radius 1 is 0.556 bits per heavy atom. The van der Waals surface area contributed by atoms with E-state index in [4.69, 9.17) is 23.7 Å². The molecule has 0 fully saturated rings. The minimum Gasteiger partial charge on any atom is -0.316 e. The highest BCUT2D eigenvalue weighted by Crippen LogP contribution is 2.09. The van der Waals surface area contributed by atoms with Gasteiger partial charge in [-0.1, -0.05) is 32.1 Å². The van der Waals surface area contributed by atoms with Crippen LogP contribution in [0.2, 0.25) is 0 Å². The van der Waals surface area contributed by atoms with Crippen LogP contribution in [0, 0.1) is 35.8 Å². The van der Waals surface area contributed by atoms with Crippen LogP contribution in [0.3, 0.4) is 0 Å². The van der Waals surface area contributed by atoms with Gasteiger partial charge in [0.1, 0.15) is 0 Å². The Morgan fingerprint density at radius 3 is 1.30 bits per heavy atom. The van der Waals surface area contributed by atoms with Crippen LogP contribution in [0.4, 0.5) is 0 Å². The molecule has 0 aliphatic rings. The van der Waals surface area contributed by atoms with Crippen LogP contribution < -0.4 is 0 Å². The lowest BCUT2D eigenvalue weighted by atomic mass is 10.1. The Morgan fingerprint density at radius 2 is 0.926 bits per heavy atom. The van der Waals surface area contributed by atoms with Gasteiger partial charge in [-0.25, -0.2) is 13.1 Å². The highest BCUT2D eigenvalue weighted by Gasteiger charge is 2.07. The SMILES string of the molecule is [C-]#[N+]CCN(CCCCCCCCCN(CCC#N)CCC#N)CC[N+]#[C-]. The molecule has 0 rings (SSSR count). The van der Waals surface area contributed by atoms with Crippen molar-refractivity contribution in [1.82, 2.24) is 9.80 Å². The second-order valence-electron chi connectivity index (χ2n) is 6.74. The van der Waals surface area contributed by atoms with Gasteiger partial charge in [0, 0.05) is 25.9 Å². The van der Waals surface area contributed by atoms with Gasteiger partial charge in [0.05, 0.1) is 25.2 Å². The Labute approximate surface area is 166 Å². The van der Waals surface area contributed by atoms with Crippen molar-refractivity contribution in [2.24, 2.45) is 0 Å². The molecule has 0 amide bonds. The summed E-state index contributed by atoms with van der Waals surface area (Å²) in [6.07, 6.45) is 9.50. The summed E-state index contributed by atoms with van der Waals surface area (Å²) >= 11 is 0. The second-order valence-corrected chi connectivity index (χ2v) is 6.74. The third-order valence-corrected chi connectivity index (χ3v) is 4.58. The van der Waals surface area contributed by atoms with Crippen molar-refractivity contribution in [2.75, 3.05) is 52.4 Å². The Hall–Kier alpha value is -2.12. The van der Waals surface area contributed by atoms with Gasteiger partial charge in [0.15, 0.2) is 0 Å². The van der Waals surface area contributed by atoms with E-state index in [1.807, 2.05) is 0 Å². The Kier molecular flexibility index (Phi) is 18.6. The molecule has 0 N–H and O–H groups in total. The van der Waals surface area contributed by atoms with Crippen LogP contribution >= 0.6 is 0 Å². The average molecular weight is 371 g/mol. The van der Waals surface area contributed by atoms with E-state index in [1.165, 1.54) is 32.1 Å². The van der Waals surface area contributed by atoms with Crippen LogP contribution in [0.5, 0.6) is 0 Å². The van der Waals surface area contributed by atoms with Gasteiger partial charge in [-0.3, -0.25) is 4.90 Å². The van der Waals surface area contributed by atoms with Crippen molar-refractivity contribution in [3.05, 3.63) is 22.8 Å². The Bertz CT molecular complexity index is 423. The maximum atomic E-state index is 8.70. The molecule has 0 aromatic heterocycles. The fourth-order valence-electron chi connectivity index (χ4n) is 3.02. The standard InChI is InChI=1S/C21H34N6/c1-24-14-20-27(21-15-25-2)17-9-7-5-3-4-6-8-16-26(18-10-12-22)19-11-13-23/h3-11,14-21H2. The first-order chi connectivity index (χ1) is 13.3. The second kappa shape index (κ2) is 20.2. The fraction of sp³-hybridized carbons (Fsp3) is 0.810. The molecular weight excluding hydrogens is 336 g/mol. The van der Waals surface area contributed by atoms with Crippen LogP contribution in [0.15, 0.2) is 0 Å². The summed E-state index contributed by atoms with van der Waals surface area (Å²) in [7, 11) is 0. The minimum atomic E-state index is 0.526. The highest BCUT2D eigenvalue weighted by atomic mass is 15.1. The van der Waals surface area contributed by atoms with Gasteiger partial charge in [-0.2, -0.15) is 10.5 Å². The summed E-state index contributed by atoms with van der Waals surface area (Å²) < 4.78 is 0. The van der Waals surface area contributed by atoms with Gasteiger partial charge >= 0.3 is 0 Å². The molecule has 0 aliphatic carbocycles. The molecular formula is C21H34N6. The summed E-state index contributed by atoms with van der Waals surface area (Å²) in [5.41, 5.74) is 0. The lowest BCUT2D eigenvalue weighted by Gasteiger charge is -2.19. The van der Waals surface area contributed by atoms with Gasteiger partial charge in [-0.15, -0.1) is 0 Å². The molecule has 6 heteroatoms. The molecule has 0 aromatic rings. The quantitative estimate of drug-likeness (QED) is 0.270. The molecule has 0 aromatic carbocycles. The van der Waals surface area contributed by atoms with E-state index in [-0.39, 0.29) is 0 Å². The summed E-state index contributed by atoms with van der Waals surface area (Å²) in [6.45, 7) is 19.9. The largest absolute Gasteiger partial charge is 0.316 e. The molecule has 0 unspecified atom stereocenters. The third-order valence-electron chi connectivity index (χ3n) is 4.58. The van der Waals surface area contributed by atoms with Crippen LogP contribution in [-0.2, 0) is 0 Å². The minimum absolute atomic E-state index is 0.526. The van der Waals surface area contributed by atoms with E-state index in [0.29, 0.717) is 25.9 Å². The van der Waals surface area contributed by atoms with Crippen LogP contribution in [0.1, 0.15) is 57.8 Å². The Balaban J connectivity index is 3.66. The van der Waals surface area contributed by atoms with E-state index in [9.17, 15) is 0 Å². The van der Waals surface area contributed by atoms with Crippen LogP contribution in [-0.4, -0.2) is 62.2 Å². The number of nitriles is 2. The van der Waals surface area contributed by atoms with Crippen molar-refractivity contribution >= 4 is 0 Å². The molecule has 0 radical (unpaired) electrons. The summed E-state index contributed by atoms with van der Waals surface area (Å²) in [5.74, 6) is 0. The molecule has 0 aliphatic heterocycles. The molecule has 148 valence electrons. The van der Waals surface area contributed by atoms with Gasteiger partial charge < -0.3 is 14.6 Å². The summed E-state index contributed by atoms with van der Waals surface area (Å²) in [5, 5.41) is 17.4. The smallest absolute Gasteiger partial charge is 0.227 e. The number of hydrogen-bond acceptors (Lipinski definition) is 4. The van der Waals surface area contributed by atoms with Gasteiger partial charge in [-0.05, 0) is 25.9 Å². The first-order valence-corrected chi connectivity index (χ1v) is 10.1. The normalized spacial score (nSPS) is 10.3. The van der Waals surface area contributed by atoms with E-state index in [0.717, 1.165) is 52.1 Å². The van der Waals surface area contributed by atoms with Crippen molar-refractivity contribution in [1.29, 1.82) is 10.5 Å². The zero-order chi connectivity index (χ0) is 20.0. The van der Waals surface area contributed by atoms with Crippen molar-refractivity contribution in [3.63, 3.8) is 0 Å². The van der Waals surface area contributed by atoms with Crippen molar-refractivity contribution in [2.45, 2.75) is 57.8 Å². The predicted molar refractivity (Wildman–Crippen MR) is 109 cm³/mol. The third kappa shape index (κ3) is 17.1. The first-order valence-electron chi connectivity index (χ1n) is 10.1. The van der Waals surface area contributed by atoms with Gasteiger partial charge in [0.25, 0.3) is 0 Å². The number of hydrogen-bond donors (Lipinski definition) is 0. The maximum absolute atomic E-state index is 8.70. The predicted octanol–water partition coefficient (Wildman–Crippen LogP) is 3.99.